The van der Waals surface area contributed by atoms with Gasteiger partial charge in [0.1, 0.15) is 5.75 Å². The van der Waals surface area contributed by atoms with E-state index in [0.717, 1.165) is 16.9 Å². The monoisotopic (exact) mass is 366 g/mol. The van der Waals surface area contributed by atoms with Gasteiger partial charge in [-0.1, -0.05) is 35.3 Å². The molecule has 2 aromatic carbocycles. The van der Waals surface area contributed by atoms with Crippen LogP contribution in [0.3, 0.4) is 0 Å². The molecule has 0 aliphatic carbocycles. The fraction of sp³-hybridized carbons (Fsp3) is 0.278. The summed E-state index contributed by atoms with van der Waals surface area (Å²) in [5.74, 6) is 0.797. The third-order valence-electron chi connectivity index (χ3n) is 3.54. The lowest BCUT2D eigenvalue weighted by Gasteiger charge is -2.18. The Balaban J connectivity index is 1.80. The van der Waals surface area contributed by atoms with Crippen molar-refractivity contribution in [3.05, 3.63) is 63.6 Å². The largest absolute Gasteiger partial charge is 0.497 e. The fourth-order valence-corrected chi connectivity index (χ4v) is 2.85. The summed E-state index contributed by atoms with van der Waals surface area (Å²) in [5.41, 5.74) is 2.03. The van der Waals surface area contributed by atoms with Crippen molar-refractivity contribution < 1.29 is 9.53 Å². The molecule has 0 aliphatic rings. The zero-order valence-corrected chi connectivity index (χ0v) is 15.2. The molecule has 4 nitrogen and oxygen atoms in total. The van der Waals surface area contributed by atoms with Crippen LogP contribution in [0.2, 0.25) is 10.0 Å². The van der Waals surface area contributed by atoms with Gasteiger partial charge in [-0.25, -0.2) is 4.79 Å². The van der Waals surface area contributed by atoms with Crippen LogP contribution in [0.15, 0.2) is 42.5 Å². The van der Waals surface area contributed by atoms with E-state index in [1.807, 2.05) is 36.4 Å². The average molecular weight is 367 g/mol. The van der Waals surface area contributed by atoms with Crippen LogP contribution in [0.5, 0.6) is 5.75 Å². The van der Waals surface area contributed by atoms with Crippen molar-refractivity contribution >= 4 is 29.2 Å². The van der Waals surface area contributed by atoms with Gasteiger partial charge in [-0.15, -0.1) is 0 Å². The van der Waals surface area contributed by atoms with Crippen molar-refractivity contribution in [2.24, 2.45) is 0 Å². The van der Waals surface area contributed by atoms with Crippen LogP contribution in [0.1, 0.15) is 11.1 Å². The van der Waals surface area contributed by atoms with Crippen molar-refractivity contribution in [3.8, 4) is 5.75 Å². The number of hydrogen-bond donors (Lipinski definition) is 1. The van der Waals surface area contributed by atoms with Gasteiger partial charge < -0.3 is 15.0 Å². The number of ether oxygens (including phenoxy) is 1. The molecule has 0 heterocycles. The van der Waals surface area contributed by atoms with Crippen molar-refractivity contribution in [1.29, 1.82) is 0 Å². The molecule has 0 unspecified atom stereocenters. The Labute approximate surface area is 152 Å². The minimum absolute atomic E-state index is 0.126. The molecule has 0 aliphatic heterocycles. The number of rotatable bonds is 6. The maximum Gasteiger partial charge on any atom is 0.317 e. The third-order valence-corrected chi connectivity index (χ3v) is 3.97. The number of benzene rings is 2. The minimum atomic E-state index is -0.126. The molecule has 0 bridgehead atoms. The number of nitrogens with one attached hydrogen (secondary N) is 1. The lowest BCUT2D eigenvalue weighted by Crippen LogP contribution is -2.37. The standard InChI is InChI=1S/C18H20Cl2N2O2/c1-22(12-13-3-5-17(24-2)6-4-13)18(23)21-8-7-14-9-15(19)11-16(20)10-14/h3-6,9-11H,7-8,12H2,1-2H3,(H,21,23). The van der Waals surface area contributed by atoms with Crippen molar-refractivity contribution in [1.82, 2.24) is 10.2 Å². The summed E-state index contributed by atoms with van der Waals surface area (Å²) in [6.07, 6.45) is 0.669. The smallest absolute Gasteiger partial charge is 0.317 e. The molecule has 0 saturated carbocycles. The number of nitrogens with zero attached hydrogens (tertiary/aromatic N) is 1. The zero-order chi connectivity index (χ0) is 17.5. The first kappa shape index (κ1) is 18.4. The van der Waals surface area contributed by atoms with Crippen molar-refractivity contribution in [2.75, 3.05) is 20.7 Å². The predicted octanol–water partition coefficient (Wildman–Crippen LogP) is 4.39. The lowest BCUT2D eigenvalue weighted by molar-refractivity contribution is 0.207. The Morgan fingerprint density at radius 3 is 2.29 bits per heavy atom. The van der Waals surface area contributed by atoms with Crippen molar-refractivity contribution in [3.63, 3.8) is 0 Å². The van der Waals surface area contributed by atoms with Crippen LogP contribution in [-0.4, -0.2) is 31.6 Å². The normalized spacial score (nSPS) is 10.3. The van der Waals surface area contributed by atoms with Crippen LogP contribution in [0, 0.1) is 0 Å². The van der Waals surface area contributed by atoms with E-state index in [1.54, 1.807) is 25.1 Å². The Kier molecular flexibility index (Phi) is 6.76. The molecule has 2 aromatic rings. The van der Waals surface area contributed by atoms with Crippen molar-refractivity contribution in [2.45, 2.75) is 13.0 Å². The predicted molar refractivity (Wildman–Crippen MR) is 98.0 cm³/mol. The highest BCUT2D eigenvalue weighted by Crippen LogP contribution is 2.19. The van der Waals surface area contributed by atoms with Crippen LogP contribution in [0.4, 0.5) is 4.79 Å². The van der Waals surface area contributed by atoms with E-state index in [9.17, 15) is 4.79 Å². The van der Waals surface area contributed by atoms with E-state index in [-0.39, 0.29) is 6.03 Å². The van der Waals surface area contributed by atoms with Gasteiger partial charge in [0, 0.05) is 30.2 Å². The maximum atomic E-state index is 12.1. The molecule has 0 spiro atoms. The Morgan fingerprint density at radius 1 is 1.08 bits per heavy atom. The maximum absolute atomic E-state index is 12.1. The second-order valence-corrected chi connectivity index (χ2v) is 6.34. The van der Waals surface area contributed by atoms with Crippen LogP contribution in [-0.2, 0) is 13.0 Å². The lowest BCUT2D eigenvalue weighted by atomic mass is 10.1. The van der Waals surface area contributed by atoms with Gasteiger partial charge in [0.2, 0.25) is 0 Å². The second-order valence-electron chi connectivity index (χ2n) is 5.46. The summed E-state index contributed by atoms with van der Waals surface area (Å²) in [6, 6.07) is 12.9. The Bertz CT molecular complexity index is 670. The number of halogens is 2. The number of methoxy groups -OCH3 is 1. The molecule has 6 heteroatoms. The Hall–Kier alpha value is -1.91. The summed E-state index contributed by atoms with van der Waals surface area (Å²) in [4.78, 5) is 13.8. The van der Waals surface area contributed by atoms with Gasteiger partial charge in [-0.2, -0.15) is 0 Å². The van der Waals surface area contributed by atoms with Gasteiger partial charge >= 0.3 is 6.03 Å². The molecule has 1 N–H and O–H groups in total. The molecule has 0 atom stereocenters. The van der Waals surface area contributed by atoms with Crippen LogP contribution in [0.25, 0.3) is 0 Å². The number of amides is 2. The summed E-state index contributed by atoms with van der Waals surface area (Å²) < 4.78 is 5.12. The Morgan fingerprint density at radius 2 is 1.71 bits per heavy atom. The number of urea groups is 1. The molecule has 0 fully saturated rings. The minimum Gasteiger partial charge on any atom is -0.497 e. The van der Waals surface area contributed by atoms with Gasteiger partial charge in [-0.05, 0) is 47.9 Å². The van der Waals surface area contributed by atoms with Gasteiger partial charge in [0.05, 0.1) is 7.11 Å². The quantitative estimate of drug-likeness (QED) is 0.823. The van der Waals surface area contributed by atoms with Gasteiger partial charge in [-0.3, -0.25) is 0 Å². The molecule has 0 saturated heterocycles. The highest BCUT2D eigenvalue weighted by molar-refractivity contribution is 6.34. The van der Waals surface area contributed by atoms with E-state index < -0.39 is 0 Å². The highest BCUT2D eigenvalue weighted by Gasteiger charge is 2.09. The SMILES string of the molecule is COc1ccc(CN(C)C(=O)NCCc2cc(Cl)cc(Cl)c2)cc1. The number of carbonyl (C=O) groups excluding carboxylic acids is 1. The molecular weight excluding hydrogens is 347 g/mol. The highest BCUT2D eigenvalue weighted by atomic mass is 35.5. The second kappa shape index (κ2) is 8.81. The van der Waals surface area contributed by atoms with Crippen LogP contribution >= 0.6 is 23.2 Å². The van der Waals surface area contributed by atoms with Gasteiger partial charge in [0.25, 0.3) is 0 Å². The van der Waals surface area contributed by atoms with E-state index >= 15 is 0 Å². The third kappa shape index (κ3) is 5.62. The molecule has 128 valence electrons. The van der Waals surface area contributed by atoms with E-state index in [1.165, 1.54) is 0 Å². The summed E-state index contributed by atoms with van der Waals surface area (Å²) in [7, 11) is 3.39. The number of carbonyl (C=O) groups is 1. The molecule has 24 heavy (non-hydrogen) atoms. The van der Waals surface area contributed by atoms with E-state index in [0.29, 0.717) is 29.6 Å². The van der Waals surface area contributed by atoms with E-state index in [4.69, 9.17) is 27.9 Å². The topological polar surface area (TPSA) is 41.6 Å². The molecule has 0 aromatic heterocycles. The summed E-state index contributed by atoms with van der Waals surface area (Å²) >= 11 is 11.9. The fourth-order valence-electron chi connectivity index (χ4n) is 2.28. The van der Waals surface area contributed by atoms with E-state index in [2.05, 4.69) is 5.32 Å². The average Bonchev–Trinajstić information content (AvgIpc) is 2.54. The first-order chi connectivity index (χ1) is 11.5. The first-order valence-corrected chi connectivity index (χ1v) is 8.30. The molecule has 2 amide bonds. The summed E-state index contributed by atoms with van der Waals surface area (Å²) in [5, 5.41) is 4.08. The zero-order valence-electron chi connectivity index (χ0n) is 13.7. The summed E-state index contributed by atoms with van der Waals surface area (Å²) in [6.45, 7) is 1.04. The van der Waals surface area contributed by atoms with Gasteiger partial charge in [0.15, 0.2) is 0 Å². The first-order valence-electron chi connectivity index (χ1n) is 7.55. The van der Waals surface area contributed by atoms with Crippen LogP contribution < -0.4 is 10.1 Å². The molecular formula is C18H20Cl2N2O2. The molecule has 2 rings (SSSR count). The number of hydrogen-bond acceptors (Lipinski definition) is 2. The molecule has 0 radical (unpaired) electrons.